The number of methoxy groups -OCH3 is 1. The van der Waals surface area contributed by atoms with Crippen LogP contribution in [0.25, 0.3) is 11.0 Å². The van der Waals surface area contributed by atoms with Crippen LogP contribution < -0.4 is 5.32 Å². The molecule has 0 aliphatic heterocycles. The normalized spacial score (nSPS) is 13.2. The molecule has 1 heterocycles. The van der Waals surface area contributed by atoms with Crippen molar-refractivity contribution >= 4 is 11.0 Å². The second kappa shape index (κ2) is 4.63. The molecule has 1 aromatic carbocycles. The SMILES string of the molecule is CNC(COC)c1cc2cccc(F)c2o1. The zero-order valence-electron chi connectivity index (χ0n) is 9.29. The molecule has 2 rings (SSSR count). The van der Waals surface area contributed by atoms with Gasteiger partial charge in [0.25, 0.3) is 0 Å². The topological polar surface area (TPSA) is 34.4 Å². The summed E-state index contributed by atoms with van der Waals surface area (Å²) in [6, 6.07) is 6.66. The Morgan fingerprint density at radius 3 is 2.94 bits per heavy atom. The van der Waals surface area contributed by atoms with Crippen molar-refractivity contribution in [3.05, 3.63) is 35.8 Å². The minimum Gasteiger partial charge on any atom is -0.456 e. The molecule has 0 saturated heterocycles. The fraction of sp³-hybridized carbons (Fsp3) is 0.333. The number of hydrogen-bond donors (Lipinski definition) is 1. The molecule has 1 unspecified atom stereocenters. The summed E-state index contributed by atoms with van der Waals surface area (Å²) in [5, 5.41) is 3.83. The zero-order valence-corrected chi connectivity index (χ0v) is 9.29. The Morgan fingerprint density at radius 2 is 2.31 bits per heavy atom. The van der Waals surface area contributed by atoms with E-state index in [9.17, 15) is 4.39 Å². The Bertz CT molecular complexity index is 481. The van der Waals surface area contributed by atoms with Gasteiger partial charge in [0.2, 0.25) is 0 Å². The zero-order chi connectivity index (χ0) is 11.5. The Hall–Kier alpha value is -1.39. The first kappa shape index (κ1) is 11.1. The third kappa shape index (κ3) is 1.94. The molecule has 0 fully saturated rings. The summed E-state index contributed by atoms with van der Waals surface area (Å²) in [6.07, 6.45) is 0. The molecule has 1 aromatic heterocycles. The Labute approximate surface area is 93.2 Å². The van der Waals surface area contributed by atoms with E-state index in [0.717, 1.165) is 5.39 Å². The van der Waals surface area contributed by atoms with Gasteiger partial charge in [-0.05, 0) is 19.2 Å². The van der Waals surface area contributed by atoms with E-state index in [0.29, 0.717) is 18.0 Å². The van der Waals surface area contributed by atoms with Gasteiger partial charge >= 0.3 is 0 Å². The number of ether oxygens (including phenoxy) is 1. The van der Waals surface area contributed by atoms with Crippen molar-refractivity contribution in [2.45, 2.75) is 6.04 Å². The van der Waals surface area contributed by atoms with Crippen molar-refractivity contribution in [1.82, 2.24) is 5.32 Å². The first-order valence-electron chi connectivity index (χ1n) is 5.10. The predicted molar refractivity (Wildman–Crippen MR) is 59.8 cm³/mol. The average Bonchev–Trinajstić information content (AvgIpc) is 2.71. The Balaban J connectivity index is 2.42. The fourth-order valence-corrected chi connectivity index (χ4v) is 1.69. The van der Waals surface area contributed by atoms with Crippen molar-refractivity contribution in [3.63, 3.8) is 0 Å². The van der Waals surface area contributed by atoms with E-state index < -0.39 is 0 Å². The fourth-order valence-electron chi connectivity index (χ4n) is 1.69. The summed E-state index contributed by atoms with van der Waals surface area (Å²) < 4.78 is 24.0. The number of rotatable bonds is 4. The smallest absolute Gasteiger partial charge is 0.169 e. The lowest BCUT2D eigenvalue weighted by Crippen LogP contribution is -2.20. The van der Waals surface area contributed by atoms with E-state index in [1.54, 1.807) is 13.2 Å². The maximum atomic E-state index is 13.4. The van der Waals surface area contributed by atoms with Crippen LogP contribution in [0.5, 0.6) is 0 Å². The number of likely N-dealkylation sites (N-methyl/N-ethyl adjacent to an activating group) is 1. The molecule has 0 bridgehead atoms. The lowest BCUT2D eigenvalue weighted by atomic mass is 10.2. The monoisotopic (exact) mass is 223 g/mol. The van der Waals surface area contributed by atoms with Crippen molar-refractivity contribution < 1.29 is 13.5 Å². The molecular formula is C12H14FNO2. The van der Waals surface area contributed by atoms with Crippen LogP contribution in [0.4, 0.5) is 4.39 Å². The number of nitrogens with one attached hydrogen (secondary N) is 1. The summed E-state index contributed by atoms with van der Waals surface area (Å²) in [7, 11) is 3.43. The van der Waals surface area contributed by atoms with Gasteiger partial charge in [0.05, 0.1) is 12.6 Å². The molecule has 86 valence electrons. The molecule has 0 saturated carbocycles. The first-order chi connectivity index (χ1) is 7.76. The number of halogens is 1. The molecule has 2 aromatic rings. The average molecular weight is 223 g/mol. The number of hydrogen-bond acceptors (Lipinski definition) is 3. The molecule has 4 heteroatoms. The maximum Gasteiger partial charge on any atom is 0.169 e. The van der Waals surface area contributed by atoms with Crippen LogP contribution in [0, 0.1) is 5.82 Å². The summed E-state index contributed by atoms with van der Waals surface area (Å²) in [5.74, 6) is 0.348. The predicted octanol–water partition coefficient (Wildman–Crippen LogP) is 2.48. The lowest BCUT2D eigenvalue weighted by molar-refractivity contribution is 0.161. The van der Waals surface area contributed by atoms with E-state index >= 15 is 0 Å². The molecule has 3 nitrogen and oxygen atoms in total. The van der Waals surface area contributed by atoms with Crippen molar-refractivity contribution in [2.24, 2.45) is 0 Å². The van der Waals surface area contributed by atoms with Gasteiger partial charge in [-0.25, -0.2) is 4.39 Å². The number of furan rings is 1. The quantitative estimate of drug-likeness (QED) is 0.864. The van der Waals surface area contributed by atoms with Crippen LogP contribution in [0.15, 0.2) is 28.7 Å². The van der Waals surface area contributed by atoms with Crippen LogP contribution in [0.2, 0.25) is 0 Å². The third-order valence-corrected chi connectivity index (χ3v) is 2.54. The molecule has 0 aliphatic carbocycles. The molecule has 0 spiro atoms. The van der Waals surface area contributed by atoms with Gasteiger partial charge < -0.3 is 14.5 Å². The van der Waals surface area contributed by atoms with Gasteiger partial charge in [0.1, 0.15) is 5.76 Å². The van der Waals surface area contributed by atoms with Gasteiger partial charge in [-0.1, -0.05) is 12.1 Å². The van der Waals surface area contributed by atoms with E-state index in [1.165, 1.54) is 6.07 Å². The van der Waals surface area contributed by atoms with Crippen molar-refractivity contribution in [2.75, 3.05) is 20.8 Å². The molecule has 1 N–H and O–H groups in total. The summed E-state index contributed by atoms with van der Waals surface area (Å²) in [6.45, 7) is 0.484. The minimum absolute atomic E-state index is 0.0585. The highest BCUT2D eigenvalue weighted by atomic mass is 19.1. The van der Waals surface area contributed by atoms with Gasteiger partial charge in [-0.2, -0.15) is 0 Å². The summed E-state index contributed by atoms with van der Waals surface area (Å²) >= 11 is 0. The Kier molecular flexibility index (Phi) is 3.22. The number of fused-ring (bicyclic) bond motifs is 1. The van der Waals surface area contributed by atoms with Crippen LogP contribution in [0.3, 0.4) is 0 Å². The van der Waals surface area contributed by atoms with Crippen LogP contribution in [-0.4, -0.2) is 20.8 Å². The lowest BCUT2D eigenvalue weighted by Gasteiger charge is -2.11. The molecule has 16 heavy (non-hydrogen) atoms. The first-order valence-corrected chi connectivity index (χ1v) is 5.10. The summed E-state index contributed by atoms with van der Waals surface area (Å²) in [5.41, 5.74) is 0.300. The third-order valence-electron chi connectivity index (χ3n) is 2.54. The highest BCUT2D eigenvalue weighted by molar-refractivity contribution is 5.78. The maximum absolute atomic E-state index is 13.4. The van der Waals surface area contributed by atoms with Gasteiger partial charge in [0, 0.05) is 12.5 Å². The summed E-state index contributed by atoms with van der Waals surface area (Å²) in [4.78, 5) is 0. The highest BCUT2D eigenvalue weighted by Crippen LogP contribution is 2.25. The highest BCUT2D eigenvalue weighted by Gasteiger charge is 2.15. The molecule has 1 atom stereocenters. The van der Waals surface area contributed by atoms with E-state index in [2.05, 4.69) is 5.32 Å². The van der Waals surface area contributed by atoms with Crippen molar-refractivity contribution in [3.8, 4) is 0 Å². The van der Waals surface area contributed by atoms with E-state index in [1.807, 2.05) is 19.2 Å². The van der Waals surface area contributed by atoms with Gasteiger partial charge in [-0.15, -0.1) is 0 Å². The standard InChI is InChI=1S/C12H14FNO2/c1-14-10(7-15-2)11-6-8-4-3-5-9(13)12(8)16-11/h3-6,10,14H,7H2,1-2H3. The second-order valence-electron chi connectivity index (χ2n) is 3.60. The van der Waals surface area contributed by atoms with E-state index in [-0.39, 0.29) is 11.9 Å². The molecule has 0 aliphatic rings. The molecule has 0 radical (unpaired) electrons. The molecule has 0 amide bonds. The largest absolute Gasteiger partial charge is 0.456 e. The van der Waals surface area contributed by atoms with E-state index in [4.69, 9.17) is 9.15 Å². The van der Waals surface area contributed by atoms with Crippen LogP contribution >= 0.6 is 0 Å². The van der Waals surface area contributed by atoms with Crippen molar-refractivity contribution in [1.29, 1.82) is 0 Å². The Morgan fingerprint density at radius 1 is 1.50 bits per heavy atom. The second-order valence-corrected chi connectivity index (χ2v) is 3.60. The minimum atomic E-state index is -0.337. The van der Waals surface area contributed by atoms with Crippen LogP contribution in [0.1, 0.15) is 11.8 Å². The van der Waals surface area contributed by atoms with Gasteiger partial charge in [-0.3, -0.25) is 0 Å². The number of para-hydroxylation sites is 1. The number of benzene rings is 1. The molecular weight excluding hydrogens is 209 g/mol. The van der Waals surface area contributed by atoms with Crippen LogP contribution in [-0.2, 0) is 4.74 Å². The van der Waals surface area contributed by atoms with Gasteiger partial charge in [0.15, 0.2) is 11.4 Å².